The third-order valence-corrected chi connectivity index (χ3v) is 10.2. The second-order valence-electron chi connectivity index (χ2n) is 14.1. The standard InChI is InChI=1S/C38H56O4/c1-6-7-8-9-10-11-12-13-14-15-16-17-18-19-20-22-32(39)41-34-30(28(2)3)27-29-23-24-31-37(4,5)25-21-26-38(31)33(29)35(34)42-36(38)40/h10-11,13-14,27-28,31H,6-9,12,15-26H2,1-5H3/b11-10-,14-13-/t31-,38+/m0/s1. The van der Waals surface area contributed by atoms with Gasteiger partial charge < -0.3 is 9.47 Å². The van der Waals surface area contributed by atoms with Crippen LogP contribution in [0, 0.1) is 11.3 Å². The van der Waals surface area contributed by atoms with Crippen LogP contribution in [0.25, 0.3) is 0 Å². The van der Waals surface area contributed by atoms with Gasteiger partial charge in [-0.15, -0.1) is 0 Å². The van der Waals surface area contributed by atoms with E-state index < -0.39 is 5.41 Å². The van der Waals surface area contributed by atoms with E-state index in [9.17, 15) is 9.59 Å². The lowest BCUT2D eigenvalue weighted by Crippen LogP contribution is -2.52. The van der Waals surface area contributed by atoms with E-state index >= 15 is 0 Å². The van der Waals surface area contributed by atoms with Crippen LogP contribution in [0.15, 0.2) is 30.4 Å². The number of benzene rings is 1. The molecule has 0 amide bonds. The van der Waals surface area contributed by atoms with Crippen LogP contribution >= 0.6 is 0 Å². The highest BCUT2D eigenvalue weighted by molar-refractivity contribution is 5.94. The van der Waals surface area contributed by atoms with Crippen LogP contribution in [0.2, 0.25) is 0 Å². The van der Waals surface area contributed by atoms with Gasteiger partial charge >= 0.3 is 11.9 Å². The van der Waals surface area contributed by atoms with Gasteiger partial charge in [0.2, 0.25) is 0 Å². The molecule has 2 aliphatic carbocycles. The van der Waals surface area contributed by atoms with Crippen LogP contribution < -0.4 is 9.47 Å². The van der Waals surface area contributed by atoms with Crippen molar-refractivity contribution in [2.75, 3.05) is 0 Å². The minimum absolute atomic E-state index is 0.0886. The van der Waals surface area contributed by atoms with Crippen molar-refractivity contribution in [3.8, 4) is 11.5 Å². The molecule has 2 atom stereocenters. The monoisotopic (exact) mass is 576 g/mol. The molecule has 1 aromatic rings. The van der Waals surface area contributed by atoms with E-state index in [4.69, 9.17) is 9.47 Å². The molecule has 1 heterocycles. The maximum atomic E-state index is 13.7. The van der Waals surface area contributed by atoms with Gasteiger partial charge in [-0.3, -0.25) is 9.59 Å². The van der Waals surface area contributed by atoms with Crippen molar-refractivity contribution in [1.29, 1.82) is 0 Å². The summed E-state index contributed by atoms with van der Waals surface area (Å²) in [7, 11) is 0. The first kappa shape index (κ1) is 32.6. The molecule has 4 heteroatoms. The van der Waals surface area contributed by atoms with E-state index in [2.05, 4.69) is 65.0 Å². The van der Waals surface area contributed by atoms with Gasteiger partial charge in [-0.1, -0.05) is 104 Å². The molecular weight excluding hydrogens is 520 g/mol. The first-order valence-corrected chi connectivity index (χ1v) is 17.2. The number of aryl methyl sites for hydroxylation is 1. The Hall–Kier alpha value is -2.36. The van der Waals surface area contributed by atoms with Gasteiger partial charge in [0.05, 0.1) is 0 Å². The van der Waals surface area contributed by atoms with E-state index in [0.717, 1.165) is 75.3 Å². The molecule has 1 saturated carbocycles. The molecule has 0 radical (unpaired) electrons. The number of esters is 2. The summed E-state index contributed by atoms with van der Waals surface area (Å²) in [5, 5.41) is 0. The molecule has 0 saturated heterocycles. The van der Waals surface area contributed by atoms with Crippen molar-refractivity contribution in [1.82, 2.24) is 0 Å². The predicted molar refractivity (Wildman–Crippen MR) is 172 cm³/mol. The second kappa shape index (κ2) is 14.9. The van der Waals surface area contributed by atoms with Crippen LogP contribution in [-0.2, 0) is 21.4 Å². The summed E-state index contributed by atoms with van der Waals surface area (Å²) in [5.74, 6) is 1.15. The van der Waals surface area contributed by atoms with Crippen LogP contribution in [0.1, 0.15) is 160 Å². The molecule has 232 valence electrons. The highest BCUT2D eigenvalue weighted by Gasteiger charge is 2.62. The lowest BCUT2D eigenvalue weighted by atomic mass is 9.50. The fourth-order valence-corrected chi connectivity index (χ4v) is 7.88. The highest BCUT2D eigenvalue weighted by atomic mass is 16.6. The summed E-state index contributed by atoms with van der Waals surface area (Å²) in [6.07, 6.45) is 27.2. The minimum Gasteiger partial charge on any atom is -0.422 e. The molecule has 1 aliphatic heterocycles. The Labute approximate surface area is 255 Å². The summed E-state index contributed by atoms with van der Waals surface area (Å²) >= 11 is 0. The van der Waals surface area contributed by atoms with Crippen molar-refractivity contribution in [3.05, 3.63) is 47.1 Å². The van der Waals surface area contributed by atoms with Crippen LogP contribution in [-0.4, -0.2) is 11.9 Å². The van der Waals surface area contributed by atoms with E-state index in [1.807, 2.05) is 0 Å². The van der Waals surface area contributed by atoms with Gasteiger partial charge in [-0.05, 0) is 87.0 Å². The van der Waals surface area contributed by atoms with Gasteiger partial charge in [-0.25, -0.2) is 0 Å². The van der Waals surface area contributed by atoms with E-state index in [-0.39, 0.29) is 29.2 Å². The maximum absolute atomic E-state index is 13.7. The number of allylic oxidation sites excluding steroid dienone is 4. The number of carbonyl (C=O) groups is 2. The molecule has 4 rings (SSSR count). The Morgan fingerprint density at radius 2 is 1.69 bits per heavy atom. The molecule has 1 spiro atoms. The summed E-state index contributed by atoms with van der Waals surface area (Å²) < 4.78 is 12.2. The minimum atomic E-state index is -0.582. The zero-order valence-electron chi connectivity index (χ0n) is 27.2. The van der Waals surface area contributed by atoms with Crippen molar-refractivity contribution >= 4 is 11.9 Å². The van der Waals surface area contributed by atoms with Crippen LogP contribution in [0.4, 0.5) is 0 Å². The summed E-state index contributed by atoms with van der Waals surface area (Å²) in [4.78, 5) is 26.7. The number of ether oxygens (including phenoxy) is 2. The summed E-state index contributed by atoms with van der Waals surface area (Å²) in [6.45, 7) is 11.1. The Bertz CT molecular complexity index is 1140. The highest BCUT2D eigenvalue weighted by Crippen LogP contribution is 2.64. The second-order valence-corrected chi connectivity index (χ2v) is 14.1. The van der Waals surface area contributed by atoms with Gasteiger partial charge in [0.25, 0.3) is 0 Å². The van der Waals surface area contributed by atoms with Crippen molar-refractivity contribution < 1.29 is 19.1 Å². The molecule has 3 aliphatic rings. The molecule has 1 fully saturated rings. The lowest BCUT2D eigenvalue weighted by Gasteiger charge is -2.51. The zero-order chi connectivity index (χ0) is 30.2. The molecule has 0 bridgehead atoms. The molecule has 0 N–H and O–H groups in total. The Morgan fingerprint density at radius 1 is 1.00 bits per heavy atom. The van der Waals surface area contributed by atoms with Gasteiger partial charge in [0, 0.05) is 17.5 Å². The summed E-state index contributed by atoms with van der Waals surface area (Å²) in [5.41, 5.74) is 2.76. The quantitative estimate of drug-likeness (QED) is 0.0850. The van der Waals surface area contributed by atoms with Crippen LogP contribution in [0.3, 0.4) is 0 Å². The van der Waals surface area contributed by atoms with E-state index in [1.54, 1.807) is 0 Å². The number of carbonyl (C=O) groups excluding carboxylic acids is 2. The van der Waals surface area contributed by atoms with Crippen molar-refractivity contribution in [3.63, 3.8) is 0 Å². The molecule has 42 heavy (non-hydrogen) atoms. The normalized spacial score (nSPS) is 22.5. The van der Waals surface area contributed by atoms with Crippen molar-refractivity contribution in [2.24, 2.45) is 11.3 Å². The number of rotatable bonds is 16. The number of unbranched alkanes of at least 4 members (excludes halogenated alkanes) is 8. The van der Waals surface area contributed by atoms with Crippen LogP contribution in [0.5, 0.6) is 11.5 Å². The molecule has 0 aromatic heterocycles. The average molecular weight is 577 g/mol. The summed E-state index contributed by atoms with van der Waals surface area (Å²) in [6, 6.07) is 2.21. The SMILES string of the molecule is CCCCC/C=C\C/C=C\CCCCCCCC(=O)Oc1c(C(C)C)cc2c3c1OC(=O)[C@@]31CCCC(C)(C)[C@@H]1CC2. The number of hydrogen-bond acceptors (Lipinski definition) is 4. The Kier molecular flexibility index (Phi) is 11.5. The zero-order valence-corrected chi connectivity index (χ0v) is 27.2. The fourth-order valence-electron chi connectivity index (χ4n) is 7.88. The molecule has 0 unspecified atom stereocenters. The van der Waals surface area contributed by atoms with Gasteiger partial charge in [0.15, 0.2) is 11.5 Å². The van der Waals surface area contributed by atoms with Gasteiger partial charge in [-0.2, -0.15) is 0 Å². The topological polar surface area (TPSA) is 52.6 Å². The number of hydrogen-bond donors (Lipinski definition) is 0. The third-order valence-electron chi connectivity index (χ3n) is 10.2. The van der Waals surface area contributed by atoms with E-state index in [1.165, 1.54) is 44.1 Å². The first-order valence-electron chi connectivity index (χ1n) is 17.2. The third kappa shape index (κ3) is 7.22. The Morgan fingerprint density at radius 3 is 2.40 bits per heavy atom. The molecule has 1 aromatic carbocycles. The molecule has 4 nitrogen and oxygen atoms in total. The first-order chi connectivity index (χ1) is 20.2. The smallest absolute Gasteiger partial charge is 0.322 e. The van der Waals surface area contributed by atoms with Gasteiger partial charge in [0.1, 0.15) is 5.41 Å². The largest absolute Gasteiger partial charge is 0.422 e. The van der Waals surface area contributed by atoms with Crippen molar-refractivity contribution in [2.45, 2.75) is 155 Å². The lowest BCUT2D eigenvalue weighted by molar-refractivity contribution is -0.146. The molecular formula is C38H56O4. The Balaban J connectivity index is 1.27. The maximum Gasteiger partial charge on any atom is 0.322 e. The van der Waals surface area contributed by atoms with E-state index in [0.29, 0.717) is 17.9 Å². The predicted octanol–water partition coefficient (Wildman–Crippen LogP) is 10.5. The fraction of sp³-hybridized carbons (Fsp3) is 0.684. The average Bonchev–Trinajstić information content (AvgIpc) is 3.24.